The van der Waals surface area contributed by atoms with Gasteiger partial charge in [-0.2, -0.15) is 0 Å². The first kappa shape index (κ1) is 13.3. The molecule has 0 bridgehead atoms. The average Bonchev–Trinajstić information content (AvgIpc) is 2.33. The topological polar surface area (TPSA) is 41.5 Å². The summed E-state index contributed by atoms with van der Waals surface area (Å²) in [7, 11) is 0. The number of hydrogen-bond donors (Lipinski definition) is 2. The van der Waals surface area contributed by atoms with E-state index in [1.165, 1.54) is 38.5 Å². The van der Waals surface area contributed by atoms with Crippen LogP contribution in [0.1, 0.15) is 51.4 Å². The molecule has 1 saturated carbocycles. The standard InChI is InChI=1S/C14H27NO2/c16-14(7-3-8-14)12-15-9-2-1-4-13-5-10-17-11-6-13/h13,15-16H,1-12H2. The first-order valence-corrected chi connectivity index (χ1v) is 7.29. The molecule has 0 unspecified atom stereocenters. The molecule has 2 fully saturated rings. The van der Waals surface area contributed by atoms with Gasteiger partial charge in [0.25, 0.3) is 0 Å². The molecule has 1 heterocycles. The van der Waals surface area contributed by atoms with Gasteiger partial charge in [0.15, 0.2) is 0 Å². The molecule has 0 aromatic rings. The van der Waals surface area contributed by atoms with E-state index in [9.17, 15) is 5.11 Å². The first-order valence-electron chi connectivity index (χ1n) is 7.29. The Morgan fingerprint density at radius 1 is 1.18 bits per heavy atom. The minimum Gasteiger partial charge on any atom is -0.389 e. The van der Waals surface area contributed by atoms with Gasteiger partial charge >= 0.3 is 0 Å². The third-order valence-corrected chi connectivity index (χ3v) is 4.30. The monoisotopic (exact) mass is 241 g/mol. The van der Waals surface area contributed by atoms with Gasteiger partial charge < -0.3 is 15.2 Å². The van der Waals surface area contributed by atoms with Gasteiger partial charge in [-0.15, -0.1) is 0 Å². The molecule has 3 nitrogen and oxygen atoms in total. The summed E-state index contributed by atoms with van der Waals surface area (Å²) in [5, 5.41) is 13.3. The molecular weight excluding hydrogens is 214 g/mol. The van der Waals surface area contributed by atoms with Crippen molar-refractivity contribution < 1.29 is 9.84 Å². The molecule has 0 aromatic carbocycles. The molecule has 0 radical (unpaired) electrons. The van der Waals surface area contributed by atoms with Crippen molar-refractivity contribution in [2.24, 2.45) is 5.92 Å². The van der Waals surface area contributed by atoms with Crippen molar-refractivity contribution in [3.63, 3.8) is 0 Å². The zero-order valence-corrected chi connectivity index (χ0v) is 10.9. The van der Waals surface area contributed by atoms with Gasteiger partial charge in [-0.25, -0.2) is 0 Å². The van der Waals surface area contributed by atoms with Crippen LogP contribution in [0.25, 0.3) is 0 Å². The van der Waals surface area contributed by atoms with Gasteiger partial charge in [-0.05, 0) is 51.0 Å². The van der Waals surface area contributed by atoms with Gasteiger partial charge in [0.1, 0.15) is 0 Å². The summed E-state index contributed by atoms with van der Waals surface area (Å²) in [6.45, 7) is 3.79. The van der Waals surface area contributed by atoms with Crippen LogP contribution in [0.3, 0.4) is 0 Å². The number of rotatable bonds is 7. The van der Waals surface area contributed by atoms with Gasteiger partial charge in [0, 0.05) is 19.8 Å². The van der Waals surface area contributed by atoms with E-state index in [-0.39, 0.29) is 5.60 Å². The maximum atomic E-state index is 9.89. The Morgan fingerprint density at radius 3 is 2.59 bits per heavy atom. The smallest absolute Gasteiger partial charge is 0.0771 e. The minimum absolute atomic E-state index is 0.360. The van der Waals surface area contributed by atoms with Crippen LogP contribution >= 0.6 is 0 Å². The van der Waals surface area contributed by atoms with Crippen molar-refractivity contribution in [2.75, 3.05) is 26.3 Å². The maximum Gasteiger partial charge on any atom is 0.0771 e. The lowest BCUT2D eigenvalue weighted by Crippen LogP contribution is -2.46. The predicted molar refractivity (Wildman–Crippen MR) is 69.1 cm³/mol. The van der Waals surface area contributed by atoms with Crippen molar-refractivity contribution in [3.8, 4) is 0 Å². The van der Waals surface area contributed by atoms with Crippen LogP contribution < -0.4 is 5.32 Å². The molecule has 0 aromatic heterocycles. The van der Waals surface area contributed by atoms with Crippen LogP contribution in [-0.2, 0) is 4.74 Å². The summed E-state index contributed by atoms with van der Waals surface area (Å²) >= 11 is 0. The predicted octanol–water partition coefficient (Wildman–Crippen LogP) is 2.09. The minimum atomic E-state index is -0.360. The van der Waals surface area contributed by atoms with Crippen molar-refractivity contribution >= 4 is 0 Å². The quantitative estimate of drug-likeness (QED) is 0.671. The number of ether oxygens (including phenoxy) is 1. The lowest BCUT2D eigenvalue weighted by atomic mass is 9.80. The van der Waals surface area contributed by atoms with Crippen LogP contribution in [0, 0.1) is 5.92 Å². The highest BCUT2D eigenvalue weighted by Crippen LogP contribution is 2.30. The molecule has 1 aliphatic heterocycles. The lowest BCUT2D eigenvalue weighted by molar-refractivity contribution is -0.0311. The normalized spacial score (nSPS) is 24.5. The summed E-state index contributed by atoms with van der Waals surface area (Å²) in [4.78, 5) is 0. The second kappa shape index (κ2) is 6.72. The Morgan fingerprint density at radius 2 is 1.94 bits per heavy atom. The fourth-order valence-electron chi connectivity index (χ4n) is 2.80. The largest absolute Gasteiger partial charge is 0.389 e. The van der Waals surface area contributed by atoms with Crippen molar-refractivity contribution in [1.82, 2.24) is 5.32 Å². The summed E-state index contributed by atoms with van der Waals surface area (Å²) in [6, 6.07) is 0. The summed E-state index contributed by atoms with van der Waals surface area (Å²) in [5.74, 6) is 0.902. The van der Waals surface area contributed by atoms with Gasteiger partial charge in [0.05, 0.1) is 5.60 Å². The fourth-order valence-corrected chi connectivity index (χ4v) is 2.80. The number of aliphatic hydroxyl groups is 1. The molecule has 100 valence electrons. The van der Waals surface area contributed by atoms with Crippen LogP contribution in [0.2, 0.25) is 0 Å². The van der Waals surface area contributed by atoms with Crippen LogP contribution in [0.15, 0.2) is 0 Å². The Balaban J connectivity index is 1.41. The van der Waals surface area contributed by atoms with Gasteiger partial charge in [-0.1, -0.05) is 12.8 Å². The Bertz CT molecular complexity index is 210. The van der Waals surface area contributed by atoms with Gasteiger partial charge in [0.2, 0.25) is 0 Å². The maximum absolute atomic E-state index is 9.89. The van der Waals surface area contributed by atoms with Crippen molar-refractivity contribution in [1.29, 1.82) is 0 Å². The number of hydrogen-bond acceptors (Lipinski definition) is 3. The molecule has 3 heteroatoms. The lowest BCUT2D eigenvalue weighted by Gasteiger charge is -2.36. The molecule has 2 rings (SSSR count). The molecule has 0 amide bonds. The highest BCUT2D eigenvalue weighted by Gasteiger charge is 2.33. The van der Waals surface area contributed by atoms with E-state index in [1.54, 1.807) is 0 Å². The van der Waals surface area contributed by atoms with E-state index >= 15 is 0 Å². The SMILES string of the molecule is OC1(CNCCCCC2CCOCC2)CCC1. The molecule has 2 N–H and O–H groups in total. The van der Waals surface area contributed by atoms with Crippen LogP contribution in [0.4, 0.5) is 0 Å². The van der Waals surface area contributed by atoms with E-state index in [0.717, 1.165) is 45.1 Å². The van der Waals surface area contributed by atoms with Gasteiger partial charge in [-0.3, -0.25) is 0 Å². The Kier molecular flexibility index (Phi) is 5.26. The first-order chi connectivity index (χ1) is 8.29. The number of nitrogens with one attached hydrogen (secondary N) is 1. The Hall–Kier alpha value is -0.120. The third kappa shape index (κ3) is 4.57. The number of unbranched alkanes of at least 4 members (excludes halogenated alkanes) is 1. The van der Waals surface area contributed by atoms with E-state index in [4.69, 9.17) is 4.74 Å². The van der Waals surface area contributed by atoms with Crippen molar-refractivity contribution in [2.45, 2.75) is 57.0 Å². The van der Waals surface area contributed by atoms with E-state index < -0.39 is 0 Å². The van der Waals surface area contributed by atoms with E-state index in [0.29, 0.717) is 0 Å². The molecule has 1 saturated heterocycles. The molecule has 17 heavy (non-hydrogen) atoms. The molecular formula is C14H27NO2. The van der Waals surface area contributed by atoms with Crippen LogP contribution in [0.5, 0.6) is 0 Å². The molecule has 1 aliphatic carbocycles. The summed E-state index contributed by atoms with van der Waals surface area (Å²) in [5.41, 5.74) is -0.360. The highest BCUT2D eigenvalue weighted by atomic mass is 16.5. The molecule has 0 spiro atoms. The third-order valence-electron chi connectivity index (χ3n) is 4.30. The zero-order chi connectivity index (χ0) is 12.0. The second-order valence-electron chi connectivity index (χ2n) is 5.81. The highest BCUT2D eigenvalue weighted by molar-refractivity contribution is 4.89. The molecule has 0 atom stereocenters. The van der Waals surface area contributed by atoms with Crippen LogP contribution in [-0.4, -0.2) is 37.0 Å². The Labute approximate surface area is 105 Å². The van der Waals surface area contributed by atoms with E-state index in [1.807, 2.05) is 0 Å². The zero-order valence-electron chi connectivity index (χ0n) is 10.9. The van der Waals surface area contributed by atoms with E-state index in [2.05, 4.69) is 5.32 Å². The average molecular weight is 241 g/mol. The summed E-state index contributed by atoms with van der Waals surface area (Å²) < 4.78 is 5.36. The van der Waals surface area contributed by atoms with Crippen molar-refractivity contribution in [3.05, 3.63) is 0 Å². The second-order valence-corrected chi connectivity index (χ2v) is 5.81. The molecule has 2 aliphatic rings. The fraction of sp³-hybridized carbons (Fsp3) is 1.00. The summed E-state index contributed by atoms with van der Waals surface area (Å²) in [6.07, 6.45) is 9.60.